The summed E-state index contributed by atoms with van der Waals surface area (Å²) in [6, 6.07) is 6.87. The third-order valence-corrected chi connectivity index (χ3v) is 8.77. The van der Waals surface area contributed by atoms with Crippen molar-refractivity contribution >= 4 is 13.2 Å². The topological polar surface area (TPSA) is 9.23 Å². The van der Waals surface area contributed by atoms with Crippen LogP contribution in [-0.4, -0.2) is 17.7 Å². The molecule has 0 amide bonds. The maximum atomic E-state index is 12.6. The summed E-state index contributed by atoms with van der Waals surface area (Å²) in [6.07, 6.45) is 8.06. The zero-order valence-electron chi connectivity index (χ0n) is 14.0. The lowest BCUT2D eigenvalue weighted by molar-refractivity contribution is -0.274. The van der Waals surface area contributed by atoms with Gasteiger partial charge in [0.05, 0.1) is 0 Å². The maximum Gasteiger partial charge on any atom is 0.573 e. The molecule has 0 radical (unpaired) electrons. The van der Waals surface area contributed by atoms with E-state index in [1.807, 2.05) is 6.07 Å². The van der Waals surface area contributed by atoms with Crippen molar-refractivity contribution in [2.24, 2.45) is 0 Å². The fraction of sp³-hybridized carbons (Fsp3) is 0.684. The molecule has 0 spiro atoms. The summed E-state index contributed by atoms with van der Waals surface area (Å²) in [4.78, 5) is 0. The average Bonchev–Trinajstić information content (AvgIpc) is 2.56. The van der Waals surface area contributed by atoms with Crippen molar-refractivity contribution in [2.75, 3.05) is 0 Å². The minimum Gasteiger partial charge on any atom is -0.406 e. The smallest absolute Gasteiger partial charge is 0.406 e. The molecule has 24 heavy (non-hydrogen) atoms. The van der Waals surface area contributed by atoms with Crippen molar-refractivity contribution in [1.82, 2.24) is 0 Å². The Kier molecular flexibility index (Phi) is 6.07. The van der Waals surface area contributed by atoms with Gasteiger partial charge in [-0.05, 0) is 54.4 Å². The summed E-state index contributed by atoms with van der Waals surface area (Å²) in [6.45, 7) is 0. The van der Waals surface area contributed by atoms with Crippen molar-refractivity contribution in [3.05, 3.63) is 24.3 Å². The Balaban J connectivity index is 1.85. The molecule has 0 aliphatic heterocycles. The van der Waals surface area contributed by atoms with Crippen molar-refractivity contribution in [2.45, 2.75) is 81.9 Å². The second-order valence-corrected chi connectivity index (χ2v) is 9.83. The van der Waals surface area contributed by atoms with Gasteiger partial charge in [0.1, 0.15) is 5.75 Å². The van der Waals surface area contributed by atoms with Gasteiger partial charge in [0.2, 0.25) is 0 Å². The van der Waals surface area contributed by atoms with Gasteiger partial charge in [-0.2, -0.15) is 0 Å². The molecule has 0 atom stereocenters. The van der Waals surface area contributed by atoms with Gasteiger partial charge in [-0.1, -0.05) is 58.6 Å². The molecule has 2 aliphatic rings. The zero-order valence-corrected chi connectivity index (χ0v) is 14.9. The summed E-state index contributed by atoms with van der Waals surface area (Å²) in [7, 11) is -0.397. The van der Waals surface area contributed by atoms with Crippen molar-refractivity contribution in [1.29, 1.82) is 0 Å². The van der Waals surface area contributed by atoms with Gasteiger partial charge in [0.25, 0.3) is 0 Å². The van der Waals surface area contributed by atoms with Crippen LogP contribution in [0.3, 0.4) is 0 Å². The Labute approximate surface area is 143 Å². The van der Waals surface area contributed by atoms with Gasteiger partial charge in [-0.3, -0.25) is 0 Å². The minimum atomic E-state index is -4.61. The summed E-state index contributed by atoms with van der Waals surface area (Å²) < 4.78 is 41.9. The quantitative estimate of drug-likeness (QED) is 0.569. The molecule has 1 aromatic carbocycles. The highest BCUT2D eigenvalue weighted by molar-refractivity contribution is 7.67. The van der Waals surface area contributed by atoms with E-state index in [0.717, 1.165) is 5.30 Å². The van der Waals surface area contributed by atoms with Crippen LogP contribution in [0.15, 0.2) is 24.3 Å². The van der Waals surface area contributed by atoms with Gasteiger partial charge in [0.15, 0.2) is 0 Å². The van der Waals surface area contributed by atoms with E-state index in [1.54, 1.807) is 12.1 Å². The van der Waals surface area contributed by atoms with Gasteiger partial charge >= 0.3 is 6.36 Å². The molecule has 3 rings (SSSR count). The molecule has 5 heteroatoms. The van der Waals surface area contributed by atoms with Crippen molar-refractivity contribution in [3.8, 4) is 5.75 Å². The maximum absolute atomic E-state index is 12.6. The Morgan fingerprint density at radius 3 is 1.88 bits per heavy atom. The highest BCUT2D eigenvalue weighted by Gasteiger charge is 2.34. The summed E-state index contributed by atoms with van der Waals surface area (Å²) >= 11 is 0. The van der Waals surface area contributed by atoms with E-state index in [1.165, 1.54) is 70.3 Å². The second kappa shape index (κ2) is 8.08. The van der Waals surface area contributed by atoms with Crippen LogP contribution < -0.4 is 10.0 Å². The molecule has 0 heterocycles. The van der Waals surface area contributed by atoms with Gasteiger partial charge in [-0.25, -0.2) is 0 Å². The zero-order chi connectivity index (χ0) is 17.0. The van der Waals surface area contributed by atoms with Crippen LogP contribution in [0.5, 0.6) is 5.75 Å². The van der Waals surface area contributed by atoms with E-state index in [4.69, 9.17) is 0 Å². The Morgan fingerprint density at radius 2 is 1.38 bits per heavy atom. The van der Waals surface area contributed by atoms with Gasteiger partial charge in [0, 0.05) is 0 Å². The molecule has 0 unspecified atom stereocenters. The van der Waals surface area contributed by atoms with Gasteiger partial charge in [-0.15, -0.1) is 13.2 Å². The van der Waals surface area contributed by atoms with Crippen LogP contribution in [0, 0.1) is 0 Å². The van der Waals surface area contributed by atoms with E-state index < -0.39 is 14.3 Å². The predicted molar refractivity (Wildman–Crippen MR) is 93.4 cm³/mol. The lowest BCUT2D eigenvalue weighted by atomic mass is 9.99. The molecule has 134 valence electrons. The molecule has 0 N–H and O–H groups in total. The third-order valence-electron chi connectivity index (χ3n) is 5.29. The van der Waals surface area contributed by atoms with E-state index >= 15 is 0 Å². The van der Waals surface area contributed by atoms with Crippen LogP contribution in [0.1, 0.15) is 64.2 Å². The molecule has 2 fully saturated rings. The highest BCUT2D eigenvalue weighted by Crippen LogP contribution is 2.55. The lowest BCUT2D eigenvalue weighted by Crippen LogP contribution is -2.26. The predicted octanol–water partition coefficient (Wildman–Crippen LogP) is 6.36. The summed E-state index contributed by atoms with van der Waals surface area (Å²) in [5.74, 6) is -0.0564. The fourth-order valence-electron chi connectivity index (χ4n) is 4.28. The molecule has 2 saturated carbocycles. The van der Waals surface area contributed by atoms with Crippen molar-refractivity contribution in [3.63, 3.8) is 0 Å². The van der Waals surface area contributed by atoms with Crippen LogP contribution in [0.4, 0.5) is 13.2 Å². The van der Waals surface area contributed by atoms with E-state index in [0.29, 0.717) is 11.3 Å². The number of ether oxygens (including phenoxy) is 1. The van der Waals surface area contributed by atoms with E-state index in [9.17, 15) is 13.2 Å². The average molecular weight is 358 g/mol. The Hall–Kier alpha value is -0.760. The molecule has 0 saturated heterocycles. The molecule has 1 aromatic rings. The highest BCUT2D eigenvalue weighted by atomic mass is 31.1. The number of rotatable bonds is 4. The normalized spacial score (nSPS) is 21.2. The van der Waals surface area contributed by atoms with E-state index in [-0.39, 0.29) is 5.75 Å². The number of halogens is 3. The first-order valence-electron chi connectivity index (χ1n) is 9.17. The van der Waals surface area contributed by atoms with Crippen LogP contribution in [0.2, 0.25) is 0 Å². The first kappa shape index (κ1) is 18.0. The standard InChI is InChI=1S/C19H26F3OP/c20-19(21,22)23-15-8-7-13-18(14-15)24(16-9-3-1-4-10-16)17-11-5-2-6-12-17/h7-8,13-14,16-17H,1-6,9-12H2. The summed E-state index contributed by atoms with van der Waals surface area (Å²) in [5, 5.41) is 1.12. The molecule has 2 aliphatic carbocycles. The fourth-order valence-corrected chi connectivity index (χ4v) is 8.10. The molecular weight excluding hydrogens is 332 g/mol. The number of hydrogen-bond acceptors (Lipinski definition) is 1. The summed E-state index contributed by atoms with van der Waals surface area (Å²) in [5.41, 5.74) is 1.36. The molecule has 0 aromatic heterocycles. The Bertz CT molecular complexity index is 502. The lowest BCUT2D eigenvalue weighted by Gasteiger charge is -2.38. The molecular formula is C19H26F3OP. The van der Waals surface area contributed by atoms with Crippen LogP contribution in [0.25, 0.3) is 0 Å². The SMILES string of the molecule is FC(F)(F)Oc1cccc(P(C2CCCCC2)C2CCCCC2)c1. The van der Waals surface area contributed by atoms with Crippen molar-refractivity contribution < 1.29 is 17.9 Å². The molecule has 1 nitrogen and oxygen atoms in total. The molecule has 0 bridgehead atoms. The largest absolute Gasteiger partial charge is 0.573 e. The monoisotopic (exact) mass is 358 g/mol. The first-order chi connectivity index (χ1) is 11.5. The van der Waals surface area contributed by atoms with Crippen LogP contribution >= 0.6 is 7.92 Å². The minimum absolute atomic E-state index is 0.0564. The Morgan fingerprint density at radius 1 is 0.833 bits per heavy atom. The number of hydrogen-bond donors (Lipinski definition) is 0. The van der Waals surface area contributed by atoms with Gasteiger partial charge < -0.3 is 4.74 Å². The first-order valence-corrected chi connectivity index (χ1v) is 10.6. The number of alkyl halides is 3. The third kappa shape index (κ3) is 4.88. The van der Waals surface area contributed by atoms with E-state index in [2.05, 4.69) is 4.74 Å². The number of benzene rings is 1. The second-order valence-electron chi connectivity index (χ2n) is 7.04. The van der Waals surface area contributed by atoms with Crippen LogP contribution in [-0.2, 0) is 0 Å².